The molecule has 1 aliphatic rings. The van der Waals surface area contributed by atoms with Crippen molar-refractivity contribution in [1.82, 2.24) is 4.31 Å². The van der Waals surface area contributed by atoms with E-state index in [2.05, 4.69) is 18.5 Å². The van der Waals surface area contributed by atoms with Crippen molar-refractivity contribution in [3.63, 3.8) is 0 Å². The maximum Gasteiger partial charge on any atom is 0.243 e. The molecule has 1 aromatic rings. The first-order valence-corrected chi connectivity index (χ1v) is 7.62. The molecule has 1 aliphatic heterocycles. The molecule has 0 spiro atoms. The monoisotopic (exact) mass is 278 g/mol. The first-order valence-electron chi connectivity index (χ1n) is 6.18. The van der Waals surface area contributed by atoms with Crippen molar-refractivity contribution >= 4 is 15.7 Å². The summed E-state index contributed by atoms with van der Waals surface area (Å²) in [6.07, 6.45) is 4.10. The lowest BCUT2D eigenvalue weighted by atomic mass is 10.2. The Balaban J connectivity index is 2.37. The maximum absolute atomic E-state index is 12.5. The van der Waals surface area contributed by atoms with Crippen molar-refractivity contribution in [2.24, 2.45) is 0 Å². The Kier molecular flexibility index (Phi) is 4.07. The molecule has 1 N–H and O–H groups in total. The normalized spacial score (nSPS) is 13.9. The Labute approximate surface area is 114 Å². The van der Waals surface area contributed by atoms with Crippen molar-refractivity contribution in [1.29, 1.82) is 0 Å². The van der Waals surface area contributed by atoms with Crippen molar-refractivity contribution in [3.8, 4) is 0 Å². The molecule has 1 heterocycles. The predicted octanol–water partition coefficient (Wildman–Crippen LogP) is 2.02. The molecule has 0 amide bonds. The highest BCUT2D eigenvalue weighted by Crippen LogP contribution is 2.26. The second-order valence-corrected chi connectivity index (χ2v) is 6.33. The molecule has 5 heteroatoms. The van der Waals surface area contributed by atoms with Gasteiger partial charge in [-0.1, -0.05) is 18.2 Å². The molecular weight excluding hydrogens is 260 g/mol. The van der Waals surface area contributed by atoms with Crippen LogP contribution in [0.15, 0.2) is 48.4 Å². The van der Waals surface area contributed by atoms with Gasteiger partial charge in [0.25, 0.3) is 0 Å². The van der Waals surface area contributed by atoms with Crippen LogP contribution in [0.2, 0.25) is 0 Å². The van der Waals surface area contributed by atoms with E-state index in [4.69, 9.17) is 0 Å². The Morgan fingerprint density at radius 3 is 2.58 bits per heavy atom. The van der Waals surface area contributed by atoms with Crippen LogP contribution < -0.4 is 5.32 Å². The van der Waals surface area contributed by atoms with Crippen LogP contribution in [-0.2, 0) is 16.4 Å². The van der Waals surface area contributed by atoms with Crippen molar-refractivity contribution in [3.05, 3.63) is 49.1 Å². The van der Waals surface area contributed by atoms with Crippen LogP contribution in [0, 0.1) is 0 Å². The Hall–Kier alpha value is -1.59. The number of rotatable bonds is 6. The van der Waals surface area contributed by atoms with E-state index in [1.807, 2.05) is 6.07 Å². The lowest BCUT2D eigenvalue weighted by molar-refractivity contribution is 0.474. The third kappa shape index (κ3) is 2.72. The zero-order valence-corrected chi connectivity index (χ0v) is 11.6. The van der Waals surface area contributed by atoms with E-state index >= 15 is 0 Å². The number of hydrogen-bond acceptors (Lipinski definition) is 3. The fourth-order valence-electron chi connectivity index (χ4n) is 2.14. The summed E-state index contributed by atoms with van der Waals surface area (Å²) in [4.78, 5) is 0.310. The molecule has 0 unspecified atom stereocenters. The molecule has 0 radical (unpaired) electrons. The fraction of sp³-hybridized carbons (Fsp3) is 0.286. The van der Waals surface area contributed by atoms with Gasteiger partial charge in [-0.15, -0.1) is 13.2 Å². The van der Waals surface area contributed by atoms with Crippen molar-refractivity contribution < 1.29 is 8.42 Å². The second-order valence-electron chi connectivity index (χ2n) is 4.40. The van der Waals surface area contributed by atoms with Crippen LogP contribution in [0.1, 0.15) is 5.56 Å². The minimum absolute atomic E-state index is 0.277. The summed E-state index contributed by atoms with van der Waals surface area (Å²) < 4.78 is 26.4. The van der Waals surface area contributed by atoms with Crippen molar-refractivity contribution in [2.45, 2.75) is 11.3 Å². The molecule has 0 saturated heterocycles. The molecule has 0 bridgehead atoms. The molecule has 19 heavy (non-hydrogen) atoms. The first-order chi connectivity index (χ1) is 9.09. The topological polar surface area (TPSA) is 49.4 Å². The summed E-state index contributed by atoms with van der Waals surface area (Å²) >= 11 is 0. The number of sulfonamides is 1. The van der Waals surface area contributed by atoms with Gasteiger partial charge in [-0.2, -0.15) is 4.31 Å². The fourth-order valence-corrected chi connectivity index (χ4v) is 3.55. The standard InChI is InChI=1S/C14H18N2O2S/c1-3-9-16(10-4-2)19(17,18)13-6-5-12-7-8-15-14(12)11-13/h3-6,11,15H,1-2,7-10H2. The average Bonchev–Trinajstić information content (AvgIpc) is 2.85. The molecule has 0 atom stereocenters. The molecule has 2 rings (SSSR count). The van der Waals surface area contributed by atoms with E-state index in [9.17, 15) is 8.42 Å². The van der Waals surface area contributed by atoms with Gasteiger partial charge in [0.05, 0.1) is 4.90 Å². The van der Waals surface area contributed by atoms with Gasteiger partial charge in [-0.3, -0.25) is 0 Å². The summed E-state index contributed by atoms with van der Waals surface area (Å²) in [6.45, 7) is 8.61. The Bertz CT molecular complexity index is 583. The molecule has 0 aliphatic carbocycles. The van der Waals surface area contributed by atoms with Crippen LogP contribution in [0.25, 0.3) is 0 Å². The number of anilines is 1. The van der Waals surface area contributed by atoms with E-state index in [0.717, 1.165) is 24.2 Å². The van der Waals surface area contributed by atoms with Gasteiger partial charge in [0.2, 0.25) is 10.0 Å². The highest BCUT2D eigenvalue weighted by atomic mass is 32.2. The molecular formula is C14H18N2O2S. The maximum atomic E-state index is 12.5. The molecule has 0 fully saturated rings. The number of fused-ring (bicyclic) bond motifs is 1. The van der Waals surface area contributed by atoms with Gasteiger partial charge < -0.3 is 5.32 Å². The third-order valence-electron chi connectivity index (χ3n) is 3.09. The highest BCUT2D eigenvalue weighted by molar-refractivity contribution is 7.89. The largest absolute Gasteiger partial charge is 0.384 e. The SMILES string of the molecule is C=CCN(CC=C)S(=O)(=O)c1ccc2c(c1)NCC2. The van der Waals surface area contributed by atoms with E-state index in [-0.39, 0.29) is 13.1 Å². The summed E-state index contributed by atoms with van der Waals surface area (Å²) in [6, 6.07) is 5.25. The lowest BCUT2D eigenvalue weighted by Crippen LogP contribution is -2.31. The molecule has 1 aromatic carbocycles. The van der Waals surface area contributed by atoms with Gasteiger partial charge in [0, 0.05) is 25.3 Å². The lowest BCUT2D eigenvalue weighted by Gasteiger charge is -2.19. The summed E-state index contributed by atoms with van der Waals surface area (Å²) in [5, 5.41) is 3.19. The molecule has 102 valence electrons. The zero-order chi connectivity index (χ0) is 13.9. The third-order valence-corrected chi connectivity index (χ3v) is 4.92. The zero-order valence-electron chi connectivity index (χ0n) is 10.8. The van der Waals surface area contributed by atoms with Crippen LogP contribution in [-0.4, -0.2) is 32.4 Å². The highest BCUT2D eigenvalue weighted by Gasteiger charge is 2.24. The van der Waals surface area contributed by atoms with Gasteiger partial charge in [-0.25, -0.2) is 8.42 Å². The van der Waals surface area contributed by atoms with E-state index in [0.29, 0.717) is 4.90 Å². The first kappa shape index (κ1) is 13.8. The minimum atomic E-state index is -3.50. The summed E-state index contributed by atoms with van der Waals surface area (Å²) in [5.74, 6) is 0. The van der Waals surface area contributed by atoms with E-state index in [1.165, 1.54) is 4.31 Å². The van der Waals surface area contributed by atoms with Crippen molar-refractivity contribution in [2.75, 3.05) is 25.0 Å². The molecule has 0 saturated carbocycles. The minimum Gasteiger partial charge on any atom is -0.384 e. The van der Waals surface area contributed by atoms with Gasteiger partial charge in [0.15, 0.2) is 0 Å². The summed E-state index contributed by atoms with van der Waals surface area (Å²) in [5.41, 5.74) is 2.08. The van der Waals surface area contributed by atoms with Gasteiger partial charge in [-0.05, 0) is 24.1 Å². The number of benzene rings is 1. The molecule has 0 aromatic heterocycles. The second kappa shape index (κ2) is 5.59. The van der Waals surface area contributed by atoms with E-state index < -0.39 is 10.0 Å². The number of nitrogens with zero attached hydrogens (tertiary/aromatic N) is 1. The van der Waals surface area contributed by atoms with Gasteiger partial charge in [0.1, 0.15) is 0 Å². The molecule has 4 nitrogen and oxygen atoms in total. The smallest absolute Gasteiger partial charge is 0.243 e. The van der Waals surface area contributed by atoms with Crippen LogP contribution in [0.5, 0.6) is 0 Å². The summed E-state index contributed by atoms with van der Waals surface area (Å²) in [7, 11) is -3.50. The van der Waals surface area contributed by atoms with E-state index in [1.54, 1.807) is 24.3 Å². The number of nitrogens with one attached hydrogen (secondary N) is 1. The van der Waals surface area contributed by atoms with Crippen LogP contribution in [0.3, 0.4) is 0 Å². The quantitative estimate of drug-likeness (QED) is 0.810. The Morgan fingerprint density at radius 1 is 1.26 bits per heavy atom. The average molecular weight is 278 g/mol. The predicted molar refractivity (Wildman–Crippen MR) is 77.8 cm³/mol. The van der Waals surface area contributed by atoms with Gasteiger partial charge >= 0.3 is 0 Å². The van der Waals surface area contributed by atoms with Crippen LogP contribution in [0.4, 0.5) is 5.69 Å². The number of hydrogen-bond donors (Lipinski definition) is 1. The van der Waals surface area contributed by atoms with Crippen LogP contribution >= 0.6 is 0 Å². The Morgan fingerprint density at radius 2 is 1.95 bits per heavy atom.